The molecule has 0 saturated heterocycles. The Morgan fingerprint density at radius 1 is 1.12 bits per heavy atom. The number of carbonyl (C=O) groups excluding carboxylic acids is 1. The van der Waals surface area contributed by atoms with E-state index in [2.05, 4.69) is 37.9 Å². The van der Waals surface area contributed by atoms with E-state index in [0.717, 1.165) is 3.57 Å². The maximum atomic E-state index is 12.2. The molecule has 0 unspecified atom stereocenters. The summed E-state index contributed by atoms with van der Waals surface area (Å²) in [5.74, 6) is -0.318. The Morgan fingerprint density at radius 3 is 2.35 bits per heavy atom. The number of sulfonamides is 1. The zero-order valence-corrected chi connectivity index (χ0v) is 17.9. The number of nitrogens with one attached hydrogen (secondary N) is 3. The highest BCUT2D eigenvalue weighted by Crippen LogP contribution is 2.14. The average molecular weight is 503 g/mol. The highest BCUT2D eigenvalue weighted by atomic mass is 127. The molecule has 6 nitrogen and oxygen atoms in total. The minimum atomic E-state index is -3.54. The average Bonchev–Trinajstić information content (AvgIpc) is 2.54. The summed E-state index contributed by atoms with van der Waals surface area (Å²) in [5.41, 5.74) is 1.07. The standard InChI is InChI=1S/C17H18IN3O3S2/c1-11(2)21-26(23,24)15-8-6-14(7-9-15)19-17(25)20-16(22)12-4-3-5-13(18)10-12/h3-11,21H,1-2H3,(H2,19,20,22,25). The van der Waals surface area contributed by atoms with Crippen LogP contribution in [-0.4, -0.2) is 25.5 Å². The van der Waals surface area contributed by atoms with Crippen molar-refractivity contribution in [2.45, 2.75) is 24.8 Å². The molecule has 0 bridgehead atoms. The van der Waals surface area contributed by atoms with Gasteiger partial charge < -0.3 is 5.32 Å². The number of hydrogen-bond donors (Lipinski definition) is 3. The van der Waals surface area contributed by atoms with E-state index in [9.17, 15) is 13.2 Å². The molecular weight excluding hydrogens is 485 g/mol. The fourth-order valence-electron chi connectivity index (χ4n) is 2.06. The van der Waals surface area contributed by atoms with Gasteiger partial charge in [-0.3, -0.25) is 10.1 Å². The summed E-state index contributed by atoms with van der Waals surface area (Å²) in [7, 11) is -3.54. The number of hydrogen-bond acceptors (Lipinski definition) is 4. The van der Waals surface area contributed by atoms with E-state index in [1.807, 2.05) is 6.07 Å². The first-order valence-corrected chi connectivity index (χ1v) is 10.6. The van der Waals surface area contributed by atoms with E-state index in [0.29, 0.717) is 11.3 Å². The molecule has 0 aliphatic heterocycles. The Morgan fingerprint density at radius 2 is 1.77 bits per heavy atom. The van der Waals surface area contributed by atoms with Crippen LogP contribution in [0.15, 0.2) is 53.4 Å². The van der Waals surface area contributed by atoms with E-state index >= 15 is 0 Å². The molecule has 3 N–H and O–H groups in total. The van der Waals surface area contributed by atoms with E-state index in [-0.39, 0.29) is 22.0 Å². The van der Waals surface area contributed by atoms with Gasteiger partial charge in [-0.25, -0.2) is 13.1 Å². The zero-order chi connectivity index (χ0) is 19.3. The van der Waals surface area contributed by atoms with Crippen LogP contribution >= 0.6 is 34.8 Å². The molecule has 0 aliphatic rings. The first kappa shape index (κ1) is 20.7. The van der Waals surface area contributed by atoms with Gasteiger partial charge in [-0.15, -0.1) is 0 Å². The van der Waals surface area contributed by atoms with E-state index in [1.165, 1.54) is 12.1 Å². The van der Waals surface area contributed by atoms with Crippen molar-refractivity contribution in [2.24, 2.45) is 0 Å². The summed E-state index contributed by atoms with van der Waals surface area (Å²) in [5, 5.41) is 5.58. The zero-order valence-electron chi connectivity index (χ0n) is 14.1. The number of anilines is 1. The molecule has 0 fully saturated rings. The van der Waals surface area contributed by atoms with Crippen LogP contribution < -0.4 is 15.4 Å². The summed E-state index contributed by atoms with van der Waals surface area (Å²) in [6, 6.07) is 13.0. The van der Waals surface area contributed by atoms with E-state index in [1.54, 1.807) is 44.2 Å². The number of thiocarbonyl (C=S) groups is 1. The van der Waals surface area contributed by atoms with Crippen molar-refractivity contribution in [3.8, 4) is 0 Å². The Balaban J connectivity index is 2.00. The molecule has 0 atom stereocenters. The first-order valence-electron chi connectivity index (χ1n) is 7.67. The van der Waals surface area contributed by atoms with Gasteiger partial charge in [0.25, 0.3) is 5.91 Å². The lowest BCUT2D eigenvalue weighted by molar-refractivity contribution is 0.0977. The van der Waals surface area contributed by atoms with Crippen molar-refractivity contribution in [1.29, 1.82) is 0 Å². The number of halogens is 1. The molecule has 0 spiro atoms. The SMILES string of the molecule is CC(C)NS(=O)(=O)c1ccc(NC(=S)NC(=O)c2cccc(I)c2)cc1. The molecule has 2 rings (SSSR count). The van der Waals surface area contributed by atoms with Gasteiger partial charge in [0.05, 0.1) is 4.90 Å². The molecule has 26 heavy (non-hydrogen) atoms. The molecule has 9 heteroatoms. The summed E-state index contributed by atoms with van der Waals surface area (Å²) in [6.07, 6.45) is 0. The minimum Gasteiger partial charge on any atom is -0.332 e. The number of carbonyl (C=O) groups is 1. The molecular formula is C17H18IN3O3S2. The van der Waals surface area contributed by atoms with Crippen molar-refractivity contribution in [1.82, 2.24) is 10.0 Å². The Bertz CT molecular complexity index is 913. The predicted molar refractivity (Wildman–Crippen MR) is 115 cm³/mol. The maximum absolute atomic E-state index is 12.2. The van der Waals surface area contributed by atoms with Gasteiger partial charge in [0, 0.05) is 20.9 Å². The molecule has 2 aromatic rings. The monoisotopic (exact) mass is 503 g/mol. The van der Waals surface area contributed by atoms with Crippen molar-refractivity contribution in [2.75, 3.05) is 5.32 Å². The van der Waals surface area contributed by atoms with Crippen LogP contribution in [0.1, 0.15) is 24.2 Å². The first-order chi connectivity index (χ1) is 12.2. The number of amides is 1. The smallest absolute Gasteiger partial charge is 0.257 e. The normalized spacial score (nSPS) is 11.2. The van der Waals surface area contributed by atoms with Gasteiger partial charge in [-0.1, -0.05) is 6.07 Å². The van der Waals surface area contributed by atoms with Crippen molar-refractivity contribution in [3.05, 3.63) is 57.7 Å². The van der Waals surface area contributed by atoms with E-state index in [4.69, 9.17) is 12.2 Å². The van der Waals surface area contributed by atoms with Gasteiger partial charge >= 0.3 is 0 Å². The van der Waals surface area contributed by atoms with Crippen LogP contribution in [0, 0.1) is 3.57 Å². The molecule has 0 aliphatic carbocycles. The van der Waals surface area contributed by atoms with Crippen LogP contribution in [-0.2, 0) is 10.0 Å². The van der Waals surface area contributed by atoms with Crippen molar-refractivity contribution >= 4 is 61.5 Å². The lowest BCUT2D eigenvalue weighted by Crippen LogP contribution is -2.34. The third kappa shape index (κ3) is 6.01. The van der Waals surface area contributed by atoms with Crippen LogP contribution in [0.2, 0.25) is 0 Å². The molecule has 2 aromatic carbocycles. The van der Waals surface area contributed by atoms with Crippen LogP contribution in [0.25, 0.3) is 0 Å². The molecule has 0 radical (unpaired) electrons. The Kier molecular flexibility index (Phi) is 7.09. The van der Waals surface area contributed by atoms with Gasteiger partial charge in [-0.2, -0.15) is 0 Å². The molecule has 0 heterocycles. The largest absolute Gasteiger partial charge is 0.332 e. The topological polar surface area (TPSA) is 87.3 Å². The Labute approximate surface area is 172 Å². The quantitative estimate of drug-likeness (QED) is 0.431. The summed E-state index contributed by atoms with van der Waals surface area (Å²) in [4.78, 5) is 12.3. The molecule has 0 saturated carbocycles. The van der Waals surface area contributed by atoms with Gasteiger partial charge in [0.15, 0.2) is 5.11 Å². The lowest BCUT2D eigenvalue weighted by atomic mass is 10.2. The fraction of sp³-hybridized carbons (Fsp3) is 0.176. The lowest BCUT2D eigenvalue weighted by Gasteiger charge is -2.12. The summed E-state index contributed by atoms with van der Waals surface area (Å²) >= 11 is 7.26. The van der Waals surface area contributed by atoms with E-state index < -0.39 is 10.0 Å². The summed E-state index contributed by atoms with van der Waals surface area (Å²) < 4.78 is 27.6. The molecule has 0 aromatic heterocycles. The Hall–Kier alpha value is -1.56. The van der Waals surface area contributed by atoms with Crippen molar-refractivity contribution < 1.29 is 13.2 Å². The second kappa shape index (κ2) is 8.89. The highest BCUT2D eigenvalue weighted by molar-refractivity contribution is 14.1. The minimum absolute atomic E-state index is 0.129. The summed E-state index contributed by atoms with van der Waals surface area (Å²) in [6.45, 7) is 3.50. The third-order valence-electron chi connectivity index (χ3n) is 3.13. The number of rotatable bonds is 5. The van der Waals surface area contributed by atoms with Gasteiger partial charge in [-0.05, 0) is 91.1 Å². The van der Waals surface area contributed by atoms with Gasteiger partial charge in [0.2, 0.25) is 10.0 Å². The molecule has 1 amide bonds. The second-order valence-corrected chi connectivity index (χ2v) is 9.09. The second-order valence-electron chi connectivity index (χ2n) is 5.72. The fourth-order valence-corrected chi connectivity index (χ4v) is 4.07. The predicted octanol–water partition coefficient (Wildman–Crippen LogP) is 3.10. The molecule has 138 valence electrons. The number of benzene rings is 2. The highest BCUT2D eigenvalue weighted by Gasteiger charge is 2.15. The van der Waals surface area contributed by atoms with Crippen molar-refractivity contribution in [3.63, 3.8) is 0 Å². The maximum Gasteiger partial charge on any atom is 0.257 e. The third-order valence-corrected chi connectivity index (χ3v) is 5.68. The van der Waals surface area contributed by atoms with Crippen LogP contribution in [0.3, 0.4) is 0 Å². The van der Waals surface area contributed by atoms with Crippen LogP contribution in [0.4, 0.5) is 5.69 Å². The van der Waals surface area contributed by atoms with Gasteiger partial charge in [0.1, 0.15) is 0 Å². The van der Waals surface area contributed by atoms with Crippen LogP contribution in [0.5, 0.6) is 0 Å².